The number of likely N-dealkylation sites (tertiary alicyclic amines) is 1. The minimum absolute atomic E-state index is 0.541. The minimum atomic E-state index is -1.08. The van der Waals surface area contributed by atoms with Gasteiger partial charge >= 0.3 is 5.97 Å². The number of aliphatic carboxylic acids is 1. The summed E-state index contributed by atoms with van der Waals surface area (Å²) in [7, 11) is 1.71. The fourth-order valence-electron chi connectivity index (χ4n) is 1.39. The molecule has 2 N–H and O–H groups in total. The van der Waals surface area contributed by atoms with Gasteiger partial charge in [0.05, 0.1) is 6.10 Å². The average Bonchev–Trinajstić information content (AvgIpc) is 2.18. The Balaban J connectivity index is 2.88. The zero-order valence-corrected chi connectivity index (χ0v) is 6.74. The molecule has 64 valence electrons. The summed E-state index contributed by atoms with van der Waals surface area (Å²) in [5, 5.41) is 18.2. The fourth-order valence-corrected chi connectivity index (χ4v) is 1.39. The normalized spacial score (nSPS) is 39.4. The Morgan fingerprint density at radius 3 is 2.45 bits per heavy atom. The third-order valence-electron chi connectivity index (χ3n) is 2.61. The molecule has 0 bridgehead atoms. The van der Waals surface area contributed by atoms with E-state index in [0.717, 1.165) is 0 Å². The molecule has 0 saturated carbocycles. The zero-order chi connectivity index (χ0) is 8.65. The molecule has 4 heteroatoms. The molecule has 2 atom stereocenters. The van der Waals surface area contributed by atoms with Crippen molar-refractivity contribution in [1.29, 1.82) is 0 Å². The molecular weight excluding hydrogens is 146 g/mol. The van der Waals surface area contributed by atoms with Crippen molar-refractivity contribution in [3.8, 4) is 0 Å². The first-order chi connectivity index (χ1) is 4.99. The number of carbonyl (C=O) groups is 1. The summed E-state index contributed by atoms with van der Waals surface area (Å²) < 4.78 is 0. The Labute approximate surface area is 65.4 Å². The highest BCUT2D eigenvalue weighted by Crippen LogP contribution is 2.27. The summed E-state index contributed by atoms with van der Waals surface area (Å²) >= 11 is 0. The van der Waals surface area contributed by atoms with Crippen LogP contribution in [0.3, 0.4) is 0 Å². The number of rotatable bonds is 1. The Morgan fingerprint density at radius 2 is 2.27 bits per heavy atom. The van der Waals surface area contributed by atoms with Gasteiger partial charge in [0.15, 0.2) is 0 Å². The van der Waals surface area contributed by atoms with Crippen molar-refractivity contribution in [2.24, 2.45) is 0 Å². The quantitative estimate of drug-likeness (QED) is 0.543. The molecule has 1 fully saturated rings. The van der Waals surface area contributed by atoms with E-state index in [2.05, 4.69) is 0 Å². The number of nitrogens with zero attached hydrogens (tertiary/aromatic N) is 1. The number of hydrogen-bond acceptors (Lipinski definition) is 3. The first-order valence-corrected chi connectivity index (χ1v) is 3.62. The van der Waals surface area contributed by atoms with E-state index in [0.29, 0.717) is 13.0 Å². The highest BCUT2D eigenvalue weighted by atomic mass is 16.4. The Hall–Kier alpha value is -0.610. The van der Waals surface area contributed by atoms with Crippen molar-refractivity contribution in [3.05, 3.63) is 0 Å². The zero-order valence-electron chi connectivity index (χ0n) is 6.74. The lowest BCUT2D eigenvalue weighted by Crippen LogP contribution is -2.52. The van der Waals surface area contributed by atoms with Crippen LogP contribution in [-0.2, 0) is 4.79 Å². The molecule has 0 spiro atoms. The maximum Gasteiger partial charge on any atom is 0.326 e. The third-order valence-corrected chi connectivity index (χ3v) is 2.61. The van der Waals surface area contributed by atoms with Crippen LogP contribution in [0, 0.1) is 0 Å². The second-order valence-corrected chi connectivity index (χ2v) is 3.18. The summed E-state index contributed by atoms with van der Waals surface area (Å²) in [5.74, 6) is -0.954. The van der Waals surface area contributed by atoms with Crippen molar-refractivity contribution >= 4 is 5.97 Å². The lowest BCUT2D eigenvalue weighted by molar-refractivity contribution is -0.152. The van der Waals surface area contributed by atoms with Crippen molar-refractivity contribution in [3.63, 3.8) is 0 Å². The average molecular weight is 159 g/mol. The number of carboxylic acids is 1. The van der Waals surface area contributed by atoms with Crippen molar-refractivity contribution in [2.45, 2.75) is 25.0 Å². The predicted octanol–water partition coefficient (Wildman–Crippen LogP) is -0.474. The molecular formula is C7H13NO3. The first-order valence-electron chi connectivity index (χ1n) is 3.62. The molecule has 1 aliphatic heterocycles. The second-order valence-electron chi connectivity index (χ2n) is 3.18. The maximum absolute atomic E-state index is 10.7. The third kappa shape index (κ3) is 1.02. The van der Waals surface area contributed by atoms with Crippen molar-refractivity contribution in [2.75, 3.05) is 13.6 Å². The van der Waals surface area contributed by atoms with Crippen LogP contribution in [0.1, 0.15) is 13.3 Å². The highest BCUT2D eigenvalue weighted by molar-refractivity contribution is 5.79. The second kappa shape index (κ2) is 2.46. The predicted molar refractivity (Wildman–Crippen MR) is 39.3 cm³/mol. The van der Waals surface area contributed by atoms with Gasteiger partial charge in [-0.2, -0.15) is 0 Å². The smallest absolute Gasteiger partial charge is 0.326 e. The van der Waals surface area contributed by atoms with Gasteiger partial charge in [-0.1, -0.05) is 0 Å². The number of likely N-dealkylation sites (N-methyl/N-ethyl adjacent to an activating group) is 1. The highest BCUT2D eigenvalue weighted by Gasteiger charge is 2.48. The summed E-state index contributed by atoms with van der Waals surface area (Å²) in [5.41, 5.74) is -1.08. The molecule has 4 nitrogen and oxygen atoms in total. The van der Waals surface area contributed by atoms with Crippen LogP contribution >= 0.6 is 0 Å². The molecule has 0 aliphatic carbocycles. The van der Waals surface area contributed by atoms with Crippen LogP contribution < -0.4 is 0 Å². The fraction of sp³-hybridized carbons (Fsp3) is 0.857. The van der Waals surface area contributed by atoms with Crippen LogP contribution in [-0.4, -0.2) is 46.3 Å². The van der Waals surface area contributed by atoms with Gasteiger partial charge in [0.2, 0.25) is 0 Å². The Kier molecular flexibility index (Phi) is 1.90. The largest absolute Gasteiger partial charge is 0.480 e. The van der Waals surface area contributed by atoms with Crippen molar-refractivity contribution < 1.29 is 15.0 Å². The van der Waals surface area contributed by atoms with Crippen LogP contribution in [0.2, 0.25) is 0 Å². The molecule has 1 rings (SSSR count). The van der Waals surface area contributed by atoms with E-state index >= 15 is 0 Å². The monoisotopic (exact) mass is 159 g/mol. The molecule has 1 aliphatic rings. The van der Waals surface area contributed by atoms with Gasteiger partial charge < -0.3 is 10.2 Å². The summed E-state index contributed by atoms with van der Waals surface area (Å²) in [6.45, 7) is 2.19. The molecule has 0 aromatic rings. The number of hydrogen-bond donors (Lipinski definition) is 2. The van der Waals surface area contributed by atoms with E-state index < -0.39 is 17.6 Å². The molecule has 1 heterocycles. The van der Waals surface area contributed by atoms with E-state index in [1.54, 1.807) is 18.9 Å². The molecule has 0 amide bonds. The van der Waals surface area contributed by atoms with Crippen LogP contribution in [0.4, 0.5) is 0 Å². The minimum Gasteiger partial charge on any atom is -0.480 e. The standard InChI is InChI=1S/C7H13NO3/c1-7(6(10)11)5(9)3-4-8(7)2/h5,9H,3-4H2,1-2H3,(H,10,11). The molecule has 2 unspecified atom stereocenters. The molecule has 0 aromatic carbocycles. The van der Waals surface area contributed by atoms with Gasteiger partial charge in [-0.05, 0) is 20.4 Å². The van der Waals surface area contributed by atoms with E-state index in [9.17, 15) is 9.90 Å². The summed E-state index contributed by atoms with van der Waals surface area (Å²) in [4.78, 5) is 12.4. The molecule has 0 radical (unpaired) electrons. The van der Waals surface area contributed by atoms with E-state index in [-0.39, 0.29) is 0 Å². The molecule has 0 aromatic heterocycles. The van der Waals surface area contributed by atoms with E-state index in [4.69, 9.17) is 5.11 Å². The maximum atomic E-state index is 10.7. The Bertz CT molecular complexity index is 171. The molecule has 11 heavy (non-hydrogen) atoms. The lowest BCUT2D eigenvalue weighted by Gasteiger charge is -2.29. The van der Waals surface area contributed by atoms with Gasteiger partial charge in [0, 0.05) is 6.54 Å². The number of carboxylic acid groups (broad SMARTS) is 1. The molecule has 1 saturated heterocycles. The van der Waals surface area contributed by atoms with Gasteiger partial charge in [0.25, 0.3) is 0 Å². The lowest BCUT2D eigenvalue weighted by atomic mass is 9.96. The summed E-state index contributed by atoms with van der Waals surface area (Å²) in [6, 6.07) is 0. The van der Waals surface area contributed by atoms with Crippen LogP contribution in [0.5, 0.6) is 0 Å². The van der Waals surface area contributed by atoms with Gasteiger partial charge in [0.1, 0.15) is 5.54 Å². The van der Waals surface area contributed by atoms with Gasteiger partial charge in [-0.3, -0.25) is 9.69 Å². The van der Waals surface area contributed by atoms with E-state index in [1.807, 2.05) is 0 Å². The number of aliphatic hydroxyl groups excluding tert-OH is 1. The van der Waals surface area contributed by atoms with Gasteiger partial charge in [-0.25, -0.2) is 0 Å². The summed E-state index contributed by atoms with van der Waals surface area (Å²) in [6.07, 6.45) is -0.204. The topological polar surface area (TPSA) is 60.8 Å². The van der Waals surface area contributed by atoms with E-state index in [1.165, 1.54) is 0 Å². The Morgan fingerprint density at radius 1 is 1.73 bits per heavy atom. The van der Waals surface area contributed by atoms with Gasteiger partial charge in [-0.15, -0.1) is 0 Å². The van der Waals surface area contributed by atoms with Crippen LogP contribution in [0.25, 0.3) is 0 Å². The number of aliphatic hydroxyl groups is 1. The first kappa shape index (κ1) is 8.49. The van der Waals surface area contributed by atoms with Crippen LogP contribution in [0.15, 0.2) is 0 Å². The SMILES string of the molecule is CN1CCC(O)C1(C)C(=O)O. The van der Waals surface area contributed by atoms with Crippen molar-refractivity contribution in [1.82, 2.24) is 4.90 Å².